The predicted molar refractivity (Wildman–Crippen MR) is 330 cm³/mol. The number of esters is 3. The van der Waals surface area contributed by atoms with Crippen molar-refractivity contribution in [1.82, 2.24) is 0 Å². The van der Waals surface area contributed by atoms with Crippen LogP contribution in [0.15, 0.2) is 85.1 Å². The van der Waals surface area contributed by atoms with Crippen molar-refractivity contribution in [3.63, 3.8) is 0 Å². The highest BCUT2D eigenvalue weighted by Crippen LogP contribution is 2.17. The van der Waals surface area contributed by atoms with E-state index < -0.39 is 6.10 Å². The molecule has 0 heterocycles. The minimum atomic E-state index is -0.780. The number of carbonyl (C=O) groups excluding carboxylic acids is 3. The first-order valence-electron chi connectivity index (χ1n) is 32.6. The van der Waals surface area contributed by atoms with E-state index in [9.17, 15) is 14.4 Å². The molecule has 0 amide bonds. The van der Waals surface area contributed by atoms with Gasteiger partial charge < -0.3 is 14.2 Å². The molecule has 0 fully saturated rings. The number of carbonyl (C=O) groups is 3. The summed E-state index contributed by atoms with van der Waals surface area (Å²) in [6, 6.07) is 0. The molecule has 0 aliphatic heterocycles. The fraction of sp³-hybridized carbons (Fsp3) is 0.757. The van der Waals surface area contributed by atoms with E-state index in [0.717, 1.165) is 116 Å². The van der Waals surface area contributed by atoms with Crippen molar-refractivity contribution in [2.24, 2.45) is 0 Å². The molecule has 0 saturated heterocycles. The van der Waals surface area contributed by atoms with Gasteiger partial charge in [0.2, 0.25) is 0 Å². The van der Waals surface area contributed by atoms with E-state index in [1.807, 2.05) is 0 Å². The first-order chi connectivity index (χ1) is 37.5. The predicted octanol–water partition coefficient (Wildman–Crippen LogP) is 22.3. The Balaban J connectivity index is 4.02. The molecule has 0 aromatic carbocycles. The maximum absolute atomic E-state index is 12.8. The molecule has 0 bridgehead atoms. The fourth-order valence-electron chi connectivity index (χ4n) is 9.23. The van der Waals surface area contributed by atoms with Gasteiger partial charge in [-0.2, -0.15) is 0 Å². The number of allylic oxidation sites excluding steroid dienone is 14. The number of rotatable bonds is 59. The maximum Gasteiger partial charge on any atom is 0.306 e. The normalized spacial score (nSPS) is 12.6. The SMILES string of the molecule is CC/C=C\C/C=C\C/C=C\C/C=C\C/C=C\CCCCCCCCCCCCCCCCCCCCCC(=O)OCC(COC(=O)CCCCCCC/C=C\CCC)OC(=O)CCCCCCC/C=C\CCCCCC. The Labute approximate surface area is 471 Å². The van der Waals surface area contributed by atoms with Crippen LogP contribution in [0.4, 0.5) is 0 Å². The third kappa shape index (κ3) is 61.4. The molecule has 1 unspecified atom stereocenters. The minimum absolute atomic E-state index is 0.0784. The molecule has 438 valence electrons. The summed E-state index contributed by atoms with van der Waals surface area (Å²) in [6.07, 6.45) is 84.8. The van der Waals surface area contributed by atoms with Crippen LogP contribution in [0, 0.1) is 0 Å². The van der Waals surface area contributed by atoms with Crippen molar-refractivity contribution in [2.75, 3.05) is 13.2 Å². The monoisotopic (exact) mass is 1060 g/mol. The van der Waals surface area contributed by atoms with Crippen molar-refractivity contribution < 1.29 is 28.6 Å². The fourth-order valence-corrected chi connectivity index (χ4v) is 9.23. The maximum atomic E-state index is 12.8. The second-order valence-electron chi connectivity index (χ2n) is 21.6. The Kier molecular flexibility index (Phi) is 61.2. The first kappa shape index (κ1) is 72.6. The molecule has 6 nitrogen and oxygen atoms in total. The van der Waals surface area contributed by atoms with Crippen LogP contribution in [-0.2, 0) is 28.6 Å². The third-order valence-electron chi connectivity index (χ3n) is 14.1. The van der Waals surface area contributed by atoms with Crippen LogP contribution in [-0.4, -0.2) is 37.2 Å². The van der Waals surface area contributed by atoms with Crippen LogP contribution in [0.2, 0.25) is 0 Å². The highest BCUT2D eigenvalue weighted by Gasteiger charge is 2.19. The summed E-state index contributed by atoms with van der Waals surface area (Å²) in [6.45, 7) is 6.46. The summed E-state index contributed by atoms with van der Waals surface area (Å²) in [5.74, 6) is -0.887. The van der Waals surface area contributed by atoms with Crippen molar-refractivity contribution >= 4 is 17.9 Å². The summed E-state index contributed by atoms with van der Waals surface area (Å²) in [4.78, 5) is 38.1. The molecular weight excluding hydrogens is 937 g/mol. The molecule has 0 aromatic heterocycles. The van der Waals surface area contributed by atoms with Crippen molar-refractivity contribution in [2.45, 2.75) is 329 Å². The number of hydrogen-bond donors (Lipinski definition) is 0. The van der Waals surface area contributed by atoms with Crippen LogP contribution in [0.25, 0.3) is 0 Å². The van der Waals surface area contributed by atoms with Gasteiger partial charge in [0.15, 0.2) is 6.10 Å². The van der Waals surface area contributed by atoms with E-state index in [0.29, 0.717) is 19.3 Å². The standard InChI is InChI=1S/C70H122O6/c1-4-7-10-13-16-19-22-24-25-26-27-28-29-30-31-32-33-34-35-36-37-38-39-40-41-42-43-44-45-47-48-51-54-57-60-63-69(72)75-66-67(65-74-68(71)62-59-56-53-50-21-18-15-12-9-6-3)76-70(73)64-61-58-55-52-49-46-23-20-17-14-11-8-5-2/h7,10,12,15-16,19-20,23-25,27-28,30-31,67H,4-6,8-9,11,13-14,17-18,21-22,26,29,32-66H2,1-3H3/b10-7-,15-12-,19-16-,23-20-,25-24-,28-27-,31-30-. The molecule has 0 aliphatic carbocycles. The summed E-state index contributed by atoms with van der Waals surface area (Å²) in [5, 5.41) is 0. The molecule has 0 aromatic rings. The first-order valence-corrected chi connectivity index (χ1v) is 32.6. The van der Waals surface area contributed by atoms with Crippen molar-refractivity contribution in [1.29, 1.82) is 0 Å². The molecule has 0 N–H and O–H groups in total. The largest absolute Gasteiger partial charge is 0.462 e. The van der Waals surface area contributed by atoms with Crippen LogP contribution < -0.4 is 0 Å². The topological polar surface area (TPSA) is 78.9 Å². The van der Waals surface area contributed by atoms with E-state index in [1.165, 1.54) is 167 Å². The van der Waals surface area contributed by atoms with Gasteiger partial charge in [-0.15, -0.1) is 0 Å². The second kappa shape index (κ2) is 64.1. The van der Waals surface area contributed by atoms with E-state index in [-0.39, 0.29) is 31.1 Å². The Morgan fingerprint density at radius 3 is 0.868 bits per heavy atom. The lowest BCUT2D eigenvalue weighted by Crippen LogP contribution is -2.30. The molecule has 0 spiro atoms. The molecule has 1 atom stereocenters. The van der Waals surface area contributed by atoms with Crippen LogP contribution >= 0.6 is 0 Å². The second-order valence-corrected chi connectivity index (χ2v) is 21.6. The third-order valence-corrected chi connectivity index (χ3v) is 14.1. The lowest BCUT2D eigenvalue weighted by atomic mass is 10.0. The van der Waals surface area contributed by atoms with E-state index >= 15 is 0 Å². The van der Waals surface area contributed by atoms with Crippen LogP contribution in [0.1, 0.15) is 323 Å². The minimum Gasteiger partial charge on any atom is -0.462 e. The van der Waals surface area contributed by atoms with Crippen molar-refractivity contribution in [3.8, 4) is 0 Å². The quantitative estimate of drug-likeness (QED) is 0.0261. The molecule has 0 radical (unpaired) electrons. The zero-order valence-electron chi connectivity index (χ0n) is 50.3. The van der Waals surface area contributed by atoms with Crippen molar-refractivity contribution in [3.05, 3.63) is 85.1 Å². The van der Waals surface area contributed by atoms with E-state index in [1.54, 1.807) is 0 Å². The zero-order valence-corrected chi connectivity index (χ0v) is 50.3. The Morgan fingerprint density at radius 2 is 0.539 bits per heavy atom. The lowest BCUT2D eigenvalue weighted by molar-refractivity contribution is -0.167. The van der Waals surface area contributed by atoms with E-state index in [4.69, 9.17) is 14.2 Å². The molecular formula is C70H122O6. The average molecular weight is 1060 g/mol. The van der Waals surface area contributed by atoms with Gasteiger partial charge in [0, 0.05) is 19.3 Å². The summed E-state index contributed by atoms with van der Waals surface area (Å²) >= 11 is 0. The molecule has 0 rings (SSSR count). The number of unbranched alkanes of at least 4 members (excludes halogenated alkanes) is 34. The van der Waals surface area contributed by atoms with Crippen LogP contribution in [0.3, 0.4) is 0 Å². The summed E-state index contributed by atoms with van der Waals surface area (Å²) < 4.78 is 16.8. The van der Waals surface area contributed by atoms with Gasteiger partial charge in [0.25, 0.3) is 0 Å². The Hall–Kier alpha value is -3.41. The van der Waals surface area contributed by atoms with Gasteiger partial charge in [-0.3, -0.25) is 14.4 Å². The van der Waals surface area contributed by atoms with Gasteiger partial charge in [0.1, 0.15) is 13.2 Å². The summed E-state index contributed by atoms with van der Waals surface area (Å²) in [5.41, 5.74) is 0. The molecule has 76 heavy (non-hydrogen) atoms. The van der Waals surface area contributed by atoms with Gasteiger partial charge in [-0.25, -0.2) is 0 Å². The average Bonchev–Trinajstić information content (AvgIpc) is 3.42. The van der Waals surface area contributed by atoms with Gasteiger partial charge in [-0.1, -0.05) is 279 Å². The molecule has 0 aliphatic rings. The Morgan fingerprint density at radius 1 is 0.276 bits per heavy atom. The van der Waals surface area contributed by atoms with Crippen LogP contribution in [0.5, 0.6) is 0 Å². The smallest absolute Gasteiger partial charge is 0.306 e. The van der Waals surface area contributed by atoms with Gasteiger partial charge in [0.05, 0.1) is 0 Å². The Bertz CT molecular complexity index is 1450. The number of hydrogen-bond acceptors (Lipinski definition) is 6. The number of ether oxygens (including phenoxy) is 3. The van der Waals surface area contributed by atoms with Gasteiger partial charge in [-0.05, 0) is 109 Å². The zero-order chi connectivity index (χ0) is 55.0. The highest BCUT2D eigenvalue weighted by atomic mass is 16.6. The summed E-state index contributed by atoms with van der Waals surface area (Å²) in [7, 11) is 0. The van der Waals surface area contributed by atoms with Gasteiger partial charge >= 0.3 is 17.9 Å². The lowest BCUT2D eigenvalue weighted by Gasteiger charge is -2.18. The highest BCUT2D eigenvalue weighted by molar-refractivity contribution is 5.71. The van der Waals surface area contributed by atoms with E-state index in [2.05, 4.69) is 106 Å². The molecule has 6 heteroatoms. The molecule has 0 saturated carbocycles.